The Balaban J connectivity index is 0.00000116. The Morgan fingerprint density at radius 3 is 2.41 bits per heavy atom. The number of carboxylic acids is 1. The Morgan fingerprint density at radius 1 is 1.36 bits per heavy atom. The SMILES string of the molecule is CC.CCc1c(Cl)ccc2c1C=C(C(=O)O)C(C(F)(F)F)O2. The molecule has 0 amide bonds. The number of halogens is 4. The predicted octanol–water partition coefficient (Wildman–Crippen LogP) is 4.72. The summed E-state index contributed by atoms with van der Waals surface area (Å²) in [5.74, 6) is -1.68. The first kappa shape index (κ1) is 18.4. The first-order chi connectivity index (χ1) is 10.3. The molecule has 122 valence electrons. The molecule has 2 rings (SSSR count). The summed E-state index contributed by atoms with van der Waals surface area (Å²) < 4.78 is 43.4. The normalized spacial score (nSPS) is 16.7. The lowest BCUT2D eigenvalue weighted by Crippen LogP contribution is -2.40. The van der Waals surface area contributed by atoms with E-state index in [-0.39, 0.29) is 11.3 Å². The van der Waals surface area contributed by atoms with Crippen molar-refractivity contribution < 1.29 is 27.8 Å². The first-order valence-electron chi connectivity index (χ1n) is 6.75. The zero-order valence-corrected chi connectivity index (χ0v) is 13.0. The lowest BCUT2D eigenvalue weighted by molar-refractivity contribution is -0.187. The third-order valence-electron chi connectivity index (χ3n) is 2.98. The highest BCUT2D eigenvalue weighted by Crippen LogP contribution is 2.40. The third kappa shape index (κ3) is 3.55. The third-order valence-corrected chi connectivity index (χ3v) is 3.34. The predicted molar refractivity (Wildman–Crippen MR) is 78.3 cm³/mol. The van der Waals surface area contributed by atoms with Crippen molar-refractivity contribution in [2.75, 3.05) is 0 Å². The number of ether oxygens (including phenoxy) is 1. The molecule has 0 spiro atoms. The molecule has 0 fully saturated rings. The molecule has 0 aromatic heterocycles. The van der Waals surface area contributed by atoms with E-state index in [0.717, 1.165) is 6.08 Å². The highest BCUT2D eigenvalue weighted by Gasteiger charge is 2.48. The van der Waals surface area contributed by atoms with Crippen LogP contribution in [0.15, 0.2) is 17.7 Å². The summed E-state index contributed by atoms with van der Waals surface area (Å²) >= 11 is 5.96. The van der Waals surface area contributed by atoms with Gasteiger partial charge < -0.3 is 9.84 Å². The van der Waals surface area contributed by atoms with Gasteiger partial charge in [-0.1, -0.05) is 32.4 Å². The first-order valence-corrected chi connectivity index (χ1v) is 7.13. The van der Waals surface area contributed by atoms with Gasteiger partial charge in [0.25, 0.3) is 0 Å². The van der Waals surface area contributed by atoms with Gasteiger partial charge in [-0.3, -0.25) is 0 Å². The van der Waals surface area contributed by atoms with E-state index in [1.807, 2.05) is 13.8 Å². The van der Waals surface area contributed by atoms with Crippen LogP contribution >= 0.6 is 11.6 Å². The standard InChI is InChI=1S/C13H10ClF3O3.C2H6/c1-2-6-7-5-8(12(18)19)11(13(15,16)17)20-10(7)4-3-9(6)14;1-2/h3-5,11H,2H2,1H3,(H,18,19);1-2H3. The van der Waals surface area contributed by atoms with Gasteiger partial charge in [-0.15, -0.1) is 0 Å². The van der Waals surface area contributed by atoms with E-state index >= 15 is 0 Å². The number of fused-ring (bicyclic) bond motifs is 1. The minimum atomic E-state index is -4.80. The zero-order valence-electron chi connectivity index (χ0n) is 12.3. The number of carboxylic acid groups (broad SMARTS) is 1. The fraction of sp³-hybridized carbons (Fsp3) is 0.400. The Kier molecular flexibility index (Phi) is 5.88. The fourth-order valence-corrected chi connectivity index (χ4v) is 2.37. The molecule has 1 atom stereocenters. The molecule has 0 bridgehead atoms. The number of carbonyl (C=O) groups is 1. The second-order valence-electron chi connectivity index (χ2n) is 4.24. The molecule has 0 aliphatic carbocycles. The van der Waals surface area contributed by atoms with Gasteiger partial charge in [-0.05, 0) is 30.2 Å². The smallest absolute Gasteiger partial charge is 0.430 e. The maximum Gasteiger partial charge on any atom is 0.430 e. The molecule has 0 saturated heterocycles. The quantitative estimate of drug-likeness (QED) is 0.850. The molecule has 3 nitrogen and oxygen atoms in total. The van der Waals surface area contributed by atoms with Crippen LogP contribution in [-0.2, 0) is 11.2 Å². The van der Waals surface area contributed by atoms with Crippen LogP contribution in [0.4, 0.5) is 13.2 Å². The van der Waals surface area contributed by atoms with Gasteiger partial charge in [0, 0.05) is 10.6 Å². The molecule has 1 aromatic carbocycles. The van der Waals surface area contributed by atoms with E-state index in [4.69, 9.17) is 21.4 Å². The second-order valence-corrected chi connectivity index (χ2v) is 4.64. The maximum atomic E-state index is 12.9. The van der Waals surface area contributed by atoms with E-state index in [0.29, 0.717) is 17.0 Å². The van der Waals surface area contributed by atoms with E-state index in [9.17, 15) is 18.0 Å². The second kappa shape index (κ2) is 7.05. The highest BCUT2D eigenvalue weighted by atomic mass is 35.5. The highest BCUT2D eigenvalue weighted by molar-refractivity contribution is 6.31. The molecular weight excluding hydrogens is 321 g/mol. The van der Waals surface area contributed by atoms with Crippen molar-refractivity contribution in [1.82, 2.24) is 0 Å². The van der Waals surface area contributed by atoms with Crippen LogP contribution in [0.25, 0.3) is 6.08 Å². The van der Waals surface area contributed by atoms with Gasteiger partial charge in [0.05, 0.1) is 5.57 Å². The molecular formula is C15H16ClF3O3. The number of benzene rings is 1. The van der Waals surface area contributed by atoms with Gasteiger partial charge in [-0.25, -0.2) is 4.79 Å². The molecule has 1 N–H and O–H groups in total. The molecule has 1 aliphatic heterocycles. The number of rotatable bonds is 2. The van der Waals surface area contributed by atoms with Crippen molar-refractivity contribution in [2.24, 2.45) is 0 Å². The van der Waals surface area contributed by atoms with Gasteiger partial charge in [0.1, 0.15) is 5.75 Å². The lowest BCUT2D eigenvalue weighted by atomic mass is 9.96. The maximum absolute atomic E-state index is 12.9. The summed E-state index contributed by atoms with van der Waals surface area (Å²) in [6.07, 6.45) is -5.83. The van der Waals surface area contributed by atoms with E-state index < -0.39 is 23.8 Å². The fourth-order valence-electron chi connectivity index (χ4n) is 2.08. The van der Waals surface area contributed by atoms with Gasteiger partial charge >= 0.3 is 12.1 Å². The number of hydrogen-bond acceptors (Lipinski definition) is 2. The zero-order chi connectivity index (χ0) is 17.1. The summed E-state index contributed by atoms with van der Waals surface area (Å²) in [6, 6.07) is 2.75. The molecule has 7 heteroatoms. The van der Waals surface area contributed by atoms with Crippen LogP contribution in [0.3, 0.4) is 0 Å². The molecule has 1 aromatic rings. The average molecular weight is 337 g/mol. The summed E-state index contributed by atoms with van der Waals surface area (Å²) in [4.78, 5) is 11.0. The number of aliphatic carboxylic acids is 1. The van der Waals surface area contributed by atoms with E-state index in [1.54, 1.807) is 6.92 Å². The summed E-state index contributed by atoms with van der Waals surface area (Å²) in [5, 5.41) is 9.31. The molecule has 22 heavy (non-hydrogen) atoms. The van der Waals surface area contributed by atoms with Crippen molar-refractivity contribution in [1.29, 1.82) is 0 Å². The summed E-state index contributed by atoms with van der Waals surface area (Å²) in [5.41, 5.74) is 0.00316. The molecule has 1 aliphatic rings. The average Bonchev–Trinajstić information content (AvgIpc) is 2.47. The van der Waals surface area contributed by atoms with Crippen molar-refractivity contribution in [3.05, 3.63) is 33.9 Å². The molecule has 0 saturated carbocycles. The van der Waals surface area contributed by atoms with Gasteiger partial charge in [-0.2, -0.15) is 13.2 Å². The Morgan fingerprint density at radius 2 is 1.95 bits per heavy atom. The summed E-state index contributed by atoms with van der Waals surface area (Å²) in [7, 11) is 0. The summed E-state index contributed by atoms with van der Waals surface area (Å²) in [6.45, 7) is 5.77. The van der Waals surface area contributed by atoms with Gasteiger partial charge in [0.15, 0.2) is 0 Å². The van der Waals surface area contributed by atoms with Crippen LogP contribution in [0.2, 0.25) is 5.02 Å². The number of hydrogen-bond donors (Lipinski definition) is 1. The monoisotopic (exact) mass is 336 g/mol. The van der Waals surface area contributed by atoms with E-state index in [2.05, 4.69) is 0 Å². The van der Waals surface area contributed by atoms with E-state index in [1.165, 1.54) is 12.1 Å². The van der Waals surface area contributed by atoms with Crippen LogP contribution in [0.5, 0.6) is 5.75 Å². The molecule has 1 unspecified atom stereocenters. The lowest BCUT2D eigenvalue weighted by Gasteiger charge is -2.28. The van der Waals surface area contributed by atoms with Crippen LogP contribution < -0.4 is 4.74 Å². The van der Waals surface area contributed by atoms with Crippen LogP contribution in [0, 0.1) is 0 Å². The van der Waals surface area contributed by atoms with Crippen molar-refractivity contribution >= 4 is 23.6 Å². The molecule has 0 radical (unpaired) electrons. The topological polar surface area (TPSA) is 46.5 Å². The Bertz CT molecular complexity index is 594. The Labute approximate surface area is 131 Å². The van der Waals surface area contributed by atoms with Crippen LogP contribution in [0.1, 0.15) is 31.9 Å². The minimum Gasteiger partial charge on any atom is -0.478 e. The van der Waals surface area contributed by atoms with Crippen molar-refractivity contribution in [3.8, 4) is 5.75 Å². The molecule has 1 heterocycles. The van der Waals surface area contributed by atoms with Gasteiger partial charge in [0.2, 0.25) is 6.10 Å². The Hall–Kier alpha value is -1.69. The largest absolute Gasteiger partial charge is 0.478 e. The minimum absolute atomic E-state index is 0.0152. The van der Waals surface area contributed by atoms with Crippen molar-refractivity contribution in [2.45, 2.75) is 39.5 Å². The number of alkyl halides is 3. The van der Waals surface area contributed by atoms with Crippen LogP contribution in [-0.4, -0.2) is 23.4 Å². The van der Waals surface area contributed by atoms with Crippen molar-refractivity contribution in [3.63, 3.8) is 0 Å².